The van der Waals surface area contributed by atoms with Crippen LogP contribution in [0.5, 0.6) is 5.88 Å². The van der Waals surface area contributed by atoms with E-state index >= 15 is 0 Å². The lowest BCUT2D eigenvalue weighted by atomic mass is 9.85. The highest BCUT2D eigenvalue weighted by atomic mass is 16.5. The second-order valence-corrected chi connectivity index (χ2v) is 5.31. The summed E-state index contributed by atoms with van der Waals surface area (Å²) in [7, 11) is 3.43. The molecule has 1 aromatic rings. The van der Waals surface area contributed by atoms with E-state index in [-0.39, 0.29) is 5.91 Å². The first-order valence-electron chi connectivity index (χ1n) is 6.91. The van der Waals surface area contributed by atoms with E-state index in [2.05, 4.69) is 11.9 Å². The number of ether oxygens (including phenoxy) is 1. The Morgan fingerprint density at radius 3 is 2.84 bits per heavy atom. The van der Waals surface area contributed by atoms with Crippen molar-refractivity contribution in [1.82, 2.24) is 9.88 Å². The first-order valence-corrected chi connectivity index (χ1v) is 6.91. The fourth-order valence-corrected chi connectivity index (χ4v) is 2.93. The Kier molecular flexibility index (Phi) is 4.40. The Morgan fingerprint density at radius 2 is 2.16 bits per heavy atom. The fraction of sp³-hybridized carbons (Fsp3) is 0.600. The van der Waals surface area contributed by atoms with Gasteiger partial charge >= 0.3 is 0 Å². The van der Waals surface area contributed by atoms with Gasteiger partial charge in [-0.2, -0.15) is 0 Å². The molecule has 0 spiro atoms. The van der Waals surface area contributed by atoms with Gasteiger partial charge in [-0.3, -0.25) is 4.79 Å². The van der Waals surface area contributed by atoms with Crippen LogP contribution in [0.1, 0.15) is 43.0 Å². The highest BCUT2D eigenvalue weighted by Crippen LogP contribution is 2.29. The van der Waals surface area contributed by atoms with Gasteiger partial charge in [-0.05, 0) is 30.9 Å². The molecule has 1 aliphatic rings. The van der Waals surface area contributed by atoms with Crippen molar-refractivity contribution < 1.29 is 9.53 Å². The van der Waals surface area contributed by atoms with E-state index in [0.717, 1.165) is 6.42 Å². The molecule has 0 aliphatic heterocycles. The van der Waals surface area contributed by atoms with Crippen molar-refractivity contribution in [3.8, 4) is 5.88 Å². The van der Waals surface area contributed by atoms with Gasteiger partial charge in [0.25, 0.3) is 5.91 Å². The van der Waals surface area contributed by atoms with E-state index in [0.29, 0.717) is 23.4 Å². The third kappa shape index (κ3) is 2.88. The molecule has 0 saturated heterocycles. The minimum Gasteiger partial charge on any atom is -0.480 e. The van der Waals surface area contributed by atoms with Crippen molar-refractivity contribution in [1.29, 1.82) is 0 Å². The molecule has 0 aromatic carbocycles. The highest BCUT2D eigenvalue weighted by Gasteiger charge is 2.29. The number of aromatic nitrogens is 1. The number of carbonyl (C=O) groups excluding carboxylic acids is 1. The molecular weight excluding hydrogens is 240 g/mol. The Bertz CT molecular complexity index is 448. The smallest absolute Gasteiger partial charge is 0.259 e. The predicted octanol–water partition coefficient (Wildman–Crippen LogP) is 2.74. The summed E-state index contributed by atoms with van der Waals surface area (Å²) >= 11 is 0. The van der Waals surface area contributed by atoms with Gasteiger partial charge in [0.2, 0.25) is 5.88 Å². The van der Waals surface area contributed by atoms with Crippen LogP contribution in [-0.2, 0) is 0 Å². The van der Waals surface area contributed by atoms with E-state index < -0.39 is 0 Å². The largest absolute Gasteiger partial charge is 0.480 e. The predicted molar refractivity (Wildman–Crippen MR) is 74.3 cm³/mol. The summed E-state index contributed by atoms with van der Waals surface area (Å²) in [5, 5.41) is 0. The summed E-state index contributed by atoms with van der Waals surface area (Å²) in [5.41, 5.74) is 0.547. The van der Waals surface area contributed by atoms with Crippen LogP contribution in [-0.4, -0.2) is 36.0 Å². The van der Waals surface area contributed by atoms with Gasteiger partial charge in [0.15, 0.2) is 0 Å². The third-order valence-corrected chi connectivity index (χ3v) is 4.08. The van der Waals surface area contributed by atoms with E-state index in [1.54, 1.807) is 25.4 Å². The van der Waals surface area contributed by atoms with E-state index in [4.69, 9.17) is 4.74 Å². The number of amides is 1. The zero-order chi connectivity index (χ0) is 13.8. The summed E-state index contributed by atoms with van der Waals surface area (Å²) < 4.78 is 5.17. The van der Waals surface area contributed by atoms with Gasteiger partial charge < -0.3 is 9.64 Å². The standard InChI is InChI=1S/C15H22N2O2/c1-11-7-4-5-9-13(11)17(2)15(18)12-8-6-10-16-14(12)19-3/h6,8,10-11,13H,4-5,7,9H2,1-3H3. The van der Waals surface area contributed by atoms with E-state index in [1.807, 2.05) is 11.9 Å². The first-order chi connectivity index (χ1) is 9.15. The lowest BCUT2D eigenvalue weighted by molar-refractivity contribution is 0.0625. The zero-order valence-corrected chi connectivity index (χ0v) is 11.9. The van der Waals surface area contributed by atoms with Crippen LogP contribution in [0.15, 0.2) is 18.3 Å². The van der Waals surface area contributed by atoms with Crippen LogP contribution in [0.25, 0.3) is 0 Å². The van der Waals surface area contributed by atoms with Crippen molar-refractivity contribution >= 4 is 5.91 Å². The molecule has 19 heavy (non-hydrogen) atoms. The molecule has 2 atom stereocenters. The monoisotopic (exact) mass is 262 g/mol. The number of hydrogen-bond donors (Lipinski definition) is 0. The highest BCUT2D eigenvalue weighted by molar-refractivity contribution is 5.96. The molecule has 1 aliphatic carbocycles. The molecule has 104 valence electrons. The molecule has 1 aromatic heterocycles. The van der Waals surface area contributed by atoms with Gasteiger partial charge in [-0.1, -0.05) is 19.8 Å². The quantitative estimate of drug-likeness (QED) is 0.841. The molecule has 4 nitrogen and oxygen atoms in total. The van der Waals surface area contributed by atoms with Crippen LogP contribution in [0, 0.1) is 5.92 Å². The van der Waals surface area contributed by atoms with Crippen molar-refractivity contribution in [3.63, 3.8) is 0 Å². The number of methoxy groups -OCH3 is 1. The van der Waals surface area contributed by atoms with Crippen molar-refractivity contribution in [2.45, 2.75) is 38.6 Å². The summed E-state index contributed by atoms with van der Waals surface area (Å²) in [6.07, 6.45) is 6.41. The summed E-state index contributed by atoms with van der Waals surface area (Å²) in [6.45, 7) is 2.23. The maximum Gasteiger partial charge on any atom is 0.259 e. The summed E-state index contributed by atoms with van der Waals surface area (Å²) in [4.78, 5) is 18.5. The average molecular weight is 262 g/mol. The Hall–Kier alpha value is -1.58. The van der Waals surface area contributed by atoms with Crippen molar-refractivity contribution in [3.05, 3.63) is 23.9 Å². The number of hydrogen-bond acceptors (Lipinski definition) is 3. The normalized spacial score (nSPS) is 22.9. The molecule has 0 bridgehead atoms. The lowest BCUT2D eigenvalue weighted by Crippen LogP contribution is -2.42. The molecule has 2 unspecified atom stereocenters. The Morgan fingerprint density at radius 1 is 1.42 bits per heavy atom. The molecule has 1 fully saturated rings. The molecule has 1 heterocycles. The third-order valence-electron chi connectivity index (χ3n) is 4.08. The number of pyridine rings is 1. The van der Waals surface area contributed by atoms with Crippen LogP contribution in [0.3, 0.4) is 0 Å². The molecule has 0 N–H and O–H groups in total. The first kappa shape index (κ1) is 13.8. The number of nitrogens with zero attached hydrogens (tertiary/aromatic N) is 2. The van der Waals surface area contributed by atoms with Gasteiger partial charge in [0.1, 0.15) is 5.56 Å². The van der Waals surface area contributed by atoms with Gasteiger partial charge in [0.05, 0.1) is 7.11 Å². The maximum atomic E-state index is 12.6. The molecule has 4 heteroatoms. The van der Waals surface area contributed by atoms with Crippen molar-refractivity contribution in [2.24, 2.45) is 5.92 Å². The molecule has 2 rings (SSSR count). The number of carbonyl (C=O) groups is 1. The average Bonchev–Trinajstić information content (AvgIpc) is 2.46. The van der Waals surface area contributed by atoms with Crippen LogP contribution in [0.4, 0.5) is 0 Å². The second kappa shape index (κ2) is 6.04. The van der Waals surface area contributed by atoms with Crippen LogP contribution >= 0.6 is 0 Å². The number of rotatable bonds is 3. The Labute approximate surface area is 114 Å². The zero-order valence-electron chi connectivity index (χ0n) is 11.9. The van der Waals surface area contributed by atoms with Crippen LogP contribution < -0.4 is 4.74 Å². The van der Waals surface area contributed by atoms with E-state index in [9.17, 15) is 4.79 Å². The second-order valence-electron chi connectivity index (χ2n) is 5.31. The molecule has 1 amide bonds. The molecule has 1 saturated carbocycles. The maximum absolute atomic E-state index is 12.6. The SMILES string of the molecule is COc1ncccc1C(=O)N(C)C1CCCCC1C. The fourth-order valence-electron chi connectivity index (χ4n) is 2.93. The van der Waals surface area contributed by atoms with Crippen molar-refractivity contribution in [2.75, 3.05) is 14.2 Å². The molecular formula is C15H22N2O2. The Balaban J connectivity index is 2.18. The topological polar surface area (TPSA) is 42.4 Å². The lowest BCUT2D eigenvalue weighted by Gasteiger charge is -2.36. The molecule has 0 radical (unpaired) electrons. The van der Waals surface area contributed by atoms with Gasteiger partial charge in [0, 0.05) is 19.3 Å². The van der Waals surface area contributed by atoms with Gasteiger partial charge in [-0.15, -0.1) is 0 Å². The van der Waals surface area contributed by atoms with E-state index in [1.165, 1.54) is 19.3 Å². The minimum atomic E-state index is 0.00343. The minimum absolute atomic E-state index is 0.00343. The summed E-state index contributed by atoms with van der Waals surface area (Å²) in [6, 6.07) is 3.87. The summed E-state index contributed by atoms with van der Waals surface area (Å²) in [5.74, 6) is 0.969. The van der Waals surface area contributed by atoms with Crippen LogP contribution in [0.2, 0.25) is 0 Å². The van der Waals surface area contributed by atoms with Gasteiger partial charge in [-0.25, -0.2) is 4.98 Å².